The predicted octanol–water partition coefficient (Wildman–Crippen LogP) is 5.60. The highest BCUT2D eigenvalue weighted by Gasteiger charge is 2.30. The van der Waals surface area contributed by atoms with E-state index < -0.39 is 6.04 Å². The van der Waals surface area contributed by atoms with E-state index in [1.807, 2.05) is 85.8 Å². The topological polar surface area (TPSA) is 49.4 Å². The second-order valence-electron chi connectivity index (χ2n) is 9.10. The predicted molar refractivity (Wildman–Crippen MR) is 139 cm³/mol. The maximum absolute atomic E-state index is 13.7. The Kier molecular flexibility index (Phi) is 9.29. The number of hydrogen-bond donors (Lipinski definition) is 1. The summed E-state index contributed by atoms with van der Waals surface area (Å²) < 4.78 is 0. The highest BCUT2D eigenvalue weighted by atomic mass is 35.5. The summed E-state index contributed by atoms with van der Waals surface area (Å²) in [4.78, 5) is 28.9. The Balaban J connectivity index is 1.96. The first kappa shape index (κ1) is 25.5. The molecule has 2 amide bonds. The lowest BCUT2D eigenvalue weighted by molar-refractivity contribution is -0.140. The lowest BCUT2D eigenvalue weighted by Crippen LogP contribution is -2.51. The van der Waals surface area contributed by atoms with Crippen LogP contribution in [0.5, 0.6) is 0 Å². The molecule has 178 valence electrons. The zero-order chi connectivity index (χ0) is 24.5. The first-order chi connectivity index (χ1) is 16.3. The van der Waals surface area contributed by atoms with E-state index in [1.165, 1.54) is 0 Å². The molecule has 0 aromatic heterocycles. The minimum absolute atomic E-state index is 0.0788. The van der Waals surface area contributed by atoms with Gasteiger partial charge in [-0.1, -0.05) is 92.2 Å². The molecule has 0 heterocycles. The second-order valence-corrected chi connectivity index (χ2v) is 9.53. The van der Waals surface area contributed by atoms with Crippen LogP contribution in [0.25, 0.3) is 0 Å². The van der Waals surface area contributed by atoms with Gasteiger partial charge in [0.1, 0.15) is 6.04 Å². The fourth-order valence-corrected chi connectivity index (χ4v) is 3.96. The van der Waals surface area contributed by atoms with Crippen molar-refractivity contribution in [2.45, 2.75) is 46.2 Å². The van der Waals surface area contributed by atoms with E-state index in [2.05, 4.69) is 19.2 Å². The summed E-state index contributed by atoms with van der Waals surface area (Å²) in [6, 6.07) is 24.5. The van der Waals surface area contributed by atoms with E-state index >= 15 is 0 Å². The zero-order valence-corrected chi connectivity index (χ0v) is 20.9. The molecule has 3 aromatic rings. The summed E-state index contributed by atoms with van der Waals surface area (Å²) >= 11 is 6.08. The van der Waals surface area contributed by atoms with Crippen molar-refractivity contribution in [2.75, 3.05) is 6.54 Å². The number of hydrogen-bond acceptors (Lipinski definition) is 2. The van der Waals surface area contributed by atoms with Gasteiger partial charge in [-0.05, 0) is 47.2 Å². The normalized spacial score (nSPS) is 11.8. The number of rotatable bonds is 10. The zero-order valence-electron chi connectivity index (χ0n) is 20.1. The lowest BCUT2D eigenvalue weighted by Gasteiger charge is -2.32. The number of carbonyl (C=O) groups excluding carboxylic acids is 2. The van der Waals surface area contributed by atoms with E-state index in [-0.39, 0.29) is 18.2 Å². The molecule has 0 aliphatic carbocycles. The number of carbonyl (C=O) groups is 2. The van der Waals surface area contributed by atoms with Crippen molar-refractivity contribution in [1.29, 1.82) is 0 Å². The van der Waals surface area contributed by atoms with Crippen LogP contribution in [0.2, 0.25) is 5.02 Å². The molecule has 1 atom stereocenters. The van der Waals surface area contributed by atoms with Gasteiger partial charge in [0, 0.05) is 24.5 Å². The first-order valence-corrected chi connectivity index (χ1v) is 12.1. The third-order valence-corrected chi connectivity index (χ3v) is 6.08. The maximum Gasteiger partial charge on any atom is 0.243 e. The number of amides is 2. The largest absolute Gasteiger partial charge is 0.354 e. The molecular weight excluding hydrogens is 444 g/mol. The van der Waals surface area contributed by atoms with Gasteiger partial charge in [-0.15, -0.1) is 0 Å². The molecule has 1 N–H and O–H groups in total. The van der Waals surface area contributed by atoms with E-state index in [1.54, 1.807) is 4.90 Å². The average Bonchev–Trinajstić information content (AvgIpc) is 2.83. The molecule has 0 radical (unpaired) electrons. The van der Waals surface area contributed by atoms with E-state index in [0.717, 1.165) is 22.3 Å². The van der Waals surface area contributed by atoms with Crippen LogP contribution >= 0.6 is 11.6 Å². The van der Waals surface area contributed by atoms with Gasteiger partial charge >= 0.3 is 0 Å². The van der Waals surface area contributed by atoms with Gasteiger partial charge in [0.25, 0.3) is 0 Å². The van der Waals surface area contributed by atoms with E-state index in [9.17, 15) is 9.59 Å². The van der Waals surface area contributed by atoms with Crippen LogP contribution in [0.3, 0.4) is 0 Å². The maximum atomic E-state index is 13.7. The van der Waals surface area contributed by atoms with Crippen LogP contribution in [0, 0.1) is 12.8 Å². The monoisotopic (exact) mass is 476 g/mol. The van der Waals surface area contributed by atoms with Crippen molar-refractivity contribution >= 4 is 23.4 Å². The SMILES string of the molecule is Cc1ccccc1CC(=O)N(Cc1ccc(Cl)cc1)C(Cc1ccccc1)C(=O)NCC(C)C. The first-order valence-electron chi connectivity index (χ1n) is 11.7. The Bertz CT molecular complexity index is 1080. The molecule has 1 unspecified atom stereocenters. The highest BCUT2D eigenvalue weighted by Crippen LogP contribution is 2.19. The molecule has 0 aliphatic rings. The molecule has 4 nitrogen and oxygen atoms in total. The van der Waals surface area contributed by atoms with Gasteiger partial charge in [-0.25, -0.2) is 0 Å². The van der Waals surface area contributed by atoms with Crippen molar-refractivity contribution in [2.24, 2.45) is 5.92 Å². The lowest BCUT2D eigenvalue weighted by atomic mass is 10.00. The van der Waals surface area contributed by atoms with Crippen LogP contribution in [-0.2, 0) is 29.0 Å². The van der Waals surface area contributed by atoms with Crippen LogP contribution < -0.4 is 5.32 Å². The number of nitrogens with zero attached hydrogens (tertiary/aromatic N) is 1. The second kappa shape index (κ2) is 12.4. The van der Waals surface area contributed by atoms with Crippen molar-refractivity contribution in [3.05, 3.63) is 106 Å². The van der Waals surface area contributed by atoms with Crippen LogP contribution in [0.15, 0.2) is 78.9 Å². The minimum atomic E-state index is -0.631. The van der Waals surface area contributed by atoms with Crippen molar-refractivity contribution in [3.8, 4) is 0 Å². The molecule has 3 aromatic carbocycles. The smallest absolute Gasteiger partial charge is 0.243 e. The Morgan fingerprint density at radius 3 is 2.18 bits per heavy atom. The fraction of sp³-hybridized carbons (Fsp3) is 0.310. The van der Waals surface area contributed by atoms with Gasteiger partial charge < -0.3 is 10.2 Å². The number of halogens is 1. The highest BCUT2D eigenvalue weighted by molar-refractivity contribution is 6.30. The molecule has 0 saturated heterocycles. The number of aryl methyl sites for hydroxylation is 1. The summed E-state index contributed by atoms with van der Waals surface area (Å²) in [7, 11) is 0. The third-order valence-electron chi connectivity index (χ3n) is 5.82. The van der Waals surface area contributed by atoms with Gasteiger partial charge in [0.2, 0.25) is 11.8 Å². The summed E-state index contributed by atoms with van der Waals surface area (Å²) in [5.74, 6) is 0.100. The summed E-state index contributed by atoms with van der Waals surface area (Å²) in [5, 5.41) is 3.69. The Morgan fingerprint density at radius 1 is 0.882 bits per heavy atom. The van der Waals surface area contributed by atoms with Crippen molar-refractivity contribution < 1.29 is 9.59 Å². The third kappa shape index (κ3) is 7.46. The van der Waals surface area contributed by atoms with Gasteiger partial charge in [-0.2, -0.15) is 0 Å². The molecule has 34 heavy (non-hydrogen) atoms. The van der Waals surface area contributed by atoms with E-state index in [4.69, 9.17) is 11.6 Å². The van der Waals surface area contributed by atoms with Crippen LogP contribution in [-0.4, -0.2) is 29.3 Å². The molecule has 0 bridgehead atoms. The molecule has 0 aliphatic heterocycles. The van der Waals surface area contributed by atoms with Crippen LogP contribution in [0.4, 0.5) is 0 Å². The number of benzene rings is 3. The molecule has 3 rings (SSSR count). The van der Waals surface area contributed by atoms with Crippen molar-refractivity contribution in [1.82, 2.24) is 10.2 Å². The minimum Gasteiger partial charge on any atom is -0.354 e. The Morgan fingerprint density at radius 2 is 1.53 bits per heavy atom. The van der Waals surface area contributed by atoms with E-state index in [0.29, 0.717) is 30.5 Å². The van der Waals surface area contributed by atoms with Gasteiger partial charge in [0.05, 0.1) is 6.42 Å². The average molecular weight is 477 g/mol. The fourth-order valence-electron chi connectivity index (χ4n) is 3.84. The standard InChI is InChI=1S/C29H33ClN2O2/c1-21(2)19-31-29(34)27(17-23-10-5-4-6-11-23)32(20-24-13-15-26(30)16-14-24)28(33)18-25-12-8-7-9-22(25)3/h4-16,21,27H,17-20H2,1-3H3,(H,31,34). The molecular formula is C29H33ClN2O2. The van der Waals surface area contributed by atoms with Crippen LogP contribution in [0.1, 0.15) is 36.1 Å². The number of nitrogens with one attached hydrogen (secondary N) is 1. The van der Waals surface area contributed by atoms with Gasteiger partial charge in [0.15, 0.2) is 0 Å². The summed E-state index contributed by atoms with van der Waals surface area (Å²) in [6.45, 7) is 7.00. The van der Waals surface area contributed by atoms with Crippen molar-refractivity contribution in [3.63, 3.8) is 0 Å². The Hall–Kier alpha value is -3.11. The quantitative estimate of drug-likeness (QED) is 0.414. The molecule has 0 saturated carbocycles. The summed E-state index contributed by atoms with van der Waals surface area (Å²) in [6.07, 6.45) is 0.681. The summed E-state index contributed by atoms with van der Waals surface area (Å²) in [5.41, 5.74) is 3.97. The Labute approximate surface area is 207 Å². The molecule has 0 spiro atoms. The molecule has 5 heteroatoms. The van der Waals surface area contributed by atoms with Gasteiger partial charge in [-0.3, -0.25) is 9.59 Å². The molecule has 0 fully saturated rings.